The number of rotatable bonds is 6. The van der Waals surface area contributed by atoms with Gasteiger partial charge in [0, 0.05) is 11.6 Å². The Balaban J connectivity index is 1.95. The molecular formula is C17H26ClNO. The Morgan fingerprint density at radius 2 is 1.90 bits per heavy atom. The average molecular weight is 296 g/mol. The maximum absolute atomic E-state index is 6.34. The SMILES string of the molecule is CCNCC1(OCc2ccc(Cl)cc2)CCC(C)CC1. The first-order valence-corrected chi connectivity index (χ1v) is 8.10. The molecule has 0 saturated heterocycles. The summed E-state index contributed by atoms with van der Waals surface area (Å²) in [5, 5.41) is 4.25. The molecule has 112 valence electrons. The van der Waals surface area contributed by atoms with Gasteiger partial charge in [-0.1, -0.05) is 37.6 Å². The molecule has 2 nitrogen and oxygen atoms in total. The first-order chi connectivity index (χ1) is 9.63. The predicted molar refractivity (Wildman–Crippen MR) is 85.1 cm³/mol. The summed E-state index contributed by atoms with van der Waals surface area (Å²) in [6, 6.07) is 7.96. The molecule has 0 atom stereocenters. The van der Waals surface area contributed by atoms with Gasteiger partial charge in [0.15, 0.2) is 0 Å². The van der Waals surface area contributed by atoms with Crippen molar-refractivity contribution in [3.8, 4) is 0 Å². The largest absolute Gasteiger partial charge is 0.369 e. The second-order valence-electron chi connectivity index (χ2n) is 6.06. The van der Waals surface area contributed by atoms with E-state index in [1.165, 1.54) is 18.4 Å². The van der Waals surface area contributed by atoms with Crippen LogP contribution >= 0.6 is 11.6 Å². The highest BCUT2D eigenvalue weighted by molar-refractivity contribution is 6.30. The third kappa shape index (κ3) is 4.47. The van der Waals surface area contributed by atoms with Gasteiger partial charge in [-0.2, -0.15) is 0 Å². The van der Waals surface area contributed by atoms with Crippen molar-refractivity contribution in [2.24, 2.45) is 5.92 Å². The van der Waals surface area contributed by atoms with E-state index in [1.807, 2.05) is 12.1 Å². The number of likely N-dealkylation sites (N-methyl/N-ethyl adjacent to an activating group) is 1. The fourth-order valence-corrected chi connectivity index (χ4v) is 2.96. The van der Waals surface area contributed by atoms with Crippen molar-refractivity contribution < 1.29 is 4.74 Å². The Hall–Kier alpha value is -0.570. The van der Waals surface area contributed by atoms with Crippen LogP contribution in [0.15, 0.2) is 24.3 Å². The summed E-state index contributed by atoms with van der Waals surface area (Å²) in [5.74, 6) is 0.837. The highest BCUT2D eigenvalue weighted by Gasteiger charge is 2.34. The van der Waals surface area contributed by atoms with Gasteiger partial charge in [0.2, 0.25) is 0 Å². The third-order valence-corrected chi connectivity index (χ3v) is 4.59. The molecule has 0 radical (unpaired) electrons. The van der Waals surface area contributed by atoms with Gasteiger partial charge < -0.3 is 10.1 Å². The zero-order chi connectivity index (χ0) is 14.4. The van der Waals surface area contributed by atoms with Gasteiger partial charge in [0.05, 0.1) is 12.2 Å². The van der Waals surface area contributed by atoms with E-state index in [-0.39, 0.29) is 5.60 Å². The molecule has 0 amide bonds. The summed E-state index contributed by atoms with van der Waals surface area (Å²) in [7, 11) is 0. The van der Waals surface area contributed by atoms with Crippen LogP contribution < -0.4 is 5.32 Å². The molecule has 0 spiro atoms. The molecule has 0 unspecified atom stereocenters. The molecule has 1 aliphatic rings. The molecule has 2 rings (SSSR count). The number of hydrogen-bond donors (Lipinski definition) is 1. The minimum atomic E-state index is 0.0160. The molecule has 0 aromatic heterocycles. The summed E-state index contributed by atoms with van der Waals surface area (Å²) in [6.07, 6.45) is 4.86. The second kappa shape index (κ2) is 7.44. The summed E-state index contributed by atoms with van der Waals surface area (Å²) < 4.78 is 6.34. The van der Waals surface area contributed by atoms with Crippen LogP contribution in [0.1, 0.15) is 45.1 Å². The molecule has 1 saturated carbocycles. The summed E-state index contributed by atoms with van der Waals surface area (Å²) in [4.78, 5) is 0. The van der Waals surface area contributed by atoms with Crippen LogP contribution in [0.5, 0.6) is 0 Å². The normalized spacial score (nSPS) is 26.6. The molecule has 1 aromatic carbocycles. The van der Waals surface area contributed by atoms with Gasteiger partial charge in [-0.15, -0.1) is 0 Å². The highest BCUT2D eigenvalue weighted by atomic mass is 35.5. The van der Waals surface area contributed by atoms with Crippen molar-refractivity contribution in [1.82, 2.24) is 5.32 Å². The smallest absolute Gasteiger partial charge is 0.0811 e. The Bertz CT molecular complexity index is 390. The highest BCUT2D eigenvalue weighted by Crippen LogP contribution is 2.35. The minimum absolute atomic E-state index is 0.0160. The van der Waals surface area contributed by atoms with E-state index >= 15 is 0 Å². The molecule has 0 heterocycles. The lowest BCUT2D eigenvalue weighted by Gasteiger charge is -2.39. The van der Waals surface area contributed by atoms with Crippen molar-refractivity contribution in [2.75, 3.05) is 13.1 Å². The van der Waals surface area contributed by atoms with Crippen LogP contribution in [0.25, 0.3) is 0 Å². The molecule has 3 heteroatoms. The predicted octanol–water partition coefficient (Wildman–Crippen LogP) is 4.42. The number of nitrogens with one attached hydrogen (secondary N) is 1. The number of ether oxygens (including phenoxy) is 1. The van der Waals surface area contributed by atoms with Gasteiger partial charge in [0.1, 0.15) is 0 Å². The van der Waals surface area contributed by atoms with E-state index in [0.29, 0.717) is 6.61 Å². The first-order valence-electron chi connectivity index (χ1n) is 7.73. The average Bonchev–Trinajstić information content (AvgIpc) is 2.47. The summed E-state index contributed by atoms with van der Waals surface area (Å²) in [5.41, 5.74) is 1.21. The van der Waals surface area contributed by atoms with Gasteiger partial charge in [0.25, 0.3) is 0 Å². The fraction of sp³-hybridized carbons (Fsp3) is 0.647. The van der Waals surface area contributed by atoms with Gasteiger partial charge in [-0.05, 0) is 55.8 Å². The van der Waals surface area contributed by atoms with Gasteiger partial charge in [-0.3, -0.25) is 0 Å². The van der Waals surface area contributed by atoms with Crippen LogP contribution in [0.3, 0.4) is 0 Å². The maximum atomic E-state index is 6.34. The zero-order valence-corrected chi connectivity index (χ0v) is 13.4. The lowest BCUT2D eigenvalue weighted by Crippen LogP contribution is -2.45. The van der Waals surface area contributed by atoms with Crippen LogP contribution in [-0.2, 0) is 11.3 Å². The summed E-state index contributed by atoms with van der Waals surface area (Å²) >= 11 is 5.92. The van der Waals surface area contributed by atoms with Crippen LogP contribution in [0, 0.1) is 5.92 Å². The van der Waals surface area contributed by atoms with Crippen LogP contribution in [0.4, 0.5) is 0 Å². The topological polar surface area (TPSA) is 21.3 Å². The molecule has 20 heavy (non-hydrogen) atoms. The zero-order valence-electron chi connectivity index (χ0n) is 12.6. The third-order valence-electron chi connectivity index (χ3n) is 4.34. The first kappa shape index (κ1) is 15.8. The molecule has 1 N–H and O–H groups in total. The van der Waals surface area contributed by atoms with Gasteiger partial charge in [-0.25, -0.2) is 0 Å². The molecule has 1 aliphatic carbocycles. The van der Waals surface area contributed by atoms with Crippen molar-refractivity contribution in [2.45, 2.75) is 51.7 Å². The van der Waals surface area contributed by atoms with Crippen molar-refractivity contribution in [1.29, 1.82) is 0 Å². The maximum Gasteiger partial charge on any atom is 0.0811 e. The Kier molecular flexibility index (Phi) is 5.88. The number of benzene rings is 1. The van der Waals surface area contributed by atoms with E-state index < -0.39 is 0 Å². The molecule has 1 aromatic rings. The molecule has 0 aliphatic heterocycles. The van der Waals surface area contributed by atoms with Crippen LogP contribution in [-0.4, -0.2) is 18.7 Å². The van der Waals surface area contributed by atoms with E-state index in [2.05, 4.69) is 31.3 Å². The number of hydrogen-bond acceptors (Lipinski definition) is 2. The van der Waals surface area contributed by atoms with E-state index in [4.69, 9.17) is 16.3 Å². The van der Waals surface area contributed by atoms with E-state index in [9.17, 15) is 0 Å². The Labute approximate surface area is 127 Å². The Morgan fingerprint density at radius 1 is 1.25 bits per heavy atom. The molecular weight excluding hydrogens is 270 g/mol. The summed E-state index contributed by atoms with van der Waals surface area (Å²) in [6.45, 7) is 7.14. The van der Waals surface area contributed by atoms with E-state index in [1.54, 1.807) is 0 Å². The number of halogens is 1. The fourth-order valence-electron chi connectivity index (χ4n) is 2.83. The van der Waals surface area contributed by atoms with Crippen molar-refractivity contribution in [3.63, 3.8) is 0 Å². The van der Waals surface area contributed by atoms with Crippen molar-refractivity contribution in [3.05, 3.63) is 34.9 Å². The van der Waals surface area contributed by atoms with Crippen LogP contribution in [0.2, 0.25) is 5.02 Å². The lowest BCUT2D eigenvalue weighted by atomic mass is 9.79. The Morgan fingerprint density at radius 3 is 2.50 bits per heavy atom. The second-order valence-corrected chi connectivity index (χ2v) is 6.50. The van der Waals surface area contributed by atoms with E-state index in [0.717, 1.165) is 36.9 Å². The van der Waals surface area contributed by atoms with Crippen molar-refractivity contribution >= 4 is 11.6 Å². The quantitative estimate of drug-likeness (QED) is 0.839. The monoisotopic (exact) mass is 295 g/mol. The molecule has 1 fully saturated rings. The minimum Gasteiger partial charge on any atom is -0.369 e. The lowest BCUT2D eigenvalue weighted by molar-refractivity contribution is -0.0847. The van der Waals surface area contributed by atoms with Gasteiger partial charge >= 0.3 is 0 Å². The standard InChI is InChI=1S/C17H26ClNO/c1-3-19-13-17(10-8-14(2)9-11-17)20-12-15-4-6-16(18)7-5-15/h4-7,14,19H,3,8-13H2,1-2H3. The molecule has 0 bridgehead atoms.